The Morgan fingerprint density at radius 3 is 2.48 bits per heavy atom. The van der Waals surface area contributed by atoms with Crippen molar-refractivity contribution in [3.05, 3.63) is 70.7 Å². The number of hydrogen-bond donors (Lipinski definition) is 1. The average Bonchev–Trinajstić information content (AvgIpc) is 2.94. The van der Waals surface area contributed by atoms with Gasteiger partial charge in [0.2, 0.25) is 0 Å². The highest BCUT2D eigenvalue weighted by atomic mass is 19.1. The van der Waals surface area contributed by atoms with E-state index in [1.54, 1.807) is 43.1 Å². The summed E-state index contributed by atoms with van der Waals surface area (Å²) in [5.41, 5.74) is 1.77. The van der Waals surface area contributed by atoms with E-state index >= 15 is 0 Å². The van der Waals surface area contributed by atoms with Crippen LogP contribution in [0.1, 0.15) is 35.8 Å². The number of carbonyl (C=O) groups excluding carboxylic acids is 3. The normalized spacial score (nSPS) is 19.8. The first-order chi connectivity index (χ1) is 19.2. The molecule has 1 saturated heterocycles. The molecule has 0 aliphatic carbocycles. The first kappa shape index (κ1) is 28.9. The molecule has 0 bridgehead atoms. The van der Waals surface area contributed by atoms with E-state index in [0.29, 0.717) is 53.5 Å². The number of carbonyl (C=O) groups is 3. The van der Waals surface area contributed by atoms with E-state index in [0.717, 1.165) is 0 Å². The van der Waals surface area contributed by atoms with Crippen molar-refractivity contribution in [3.8, 4) is 11.5 Å². The number of urea groups is 1. The smallest absolute Gasteiger partial charge is 0.338 e. The second kappa shape index (κ2) is 12.4. The number of rotatable bonds is 8. The number of piperazine rings is 1. The number of nitrogens with one attached hydrogen (secondary N) is 1. The molecule has 1 fully saturated rings. The summed E-state index contributed by atoms with van der Waals surface area (Å²) in [7, 11) is 4.66. The fourth-order valence-electron chi connectivity index (χ4n) is 5.16. The SMILES string of the molecule is CCOC(=O)C1=C(CN2CCN(C(=O)c3cccc(F)c3)[C@H](C)C2)N(C)C(=O)N[C@@H]1c1ccc(OC)c(OC)c1. The molecule has 0 saturated carbocycles. The lowest BCUT2D eigenvalue weighted by molar-refractivity contribution is -0.139. The first-order valence-electron chi connectivity index (χ1n) is 13.1. The summed E-state index contributed by atoms with van der Waals surface area (Å²) in [4.78, 5) is 44.7. The van der Waals surface area contributed by atoms with Crippen molar-refractivity contribution in [1.82, 2.24) is 20.0 Å². The number of methoxy groups -OCH3 is 2. The van der Waals surface area contributed by atoms with Crippen molar-refractivity contribution in [3.63, 3.8) is 0 Å². The molecule has 4 rings (SSSR count). The Kier molecular flexibility index (Phi) is 8.93. The van der Waals surface area contributed by atoms with Gasteiger partial charge >= 0.3 is 12.0 Å². The van der Waals surface area contributed by atoms with E-state index in [1.807, 2.05) is 6.92 Å². The molecular weight excluding hydrogens is 519 g/mol. The van der Waals surface area contributed by atoms with Gasteiger partial charge in [0.1, 0.15) is 5.82 Å². The average molecular weight is 555 g/mol. The second-order valence-electron chi connectivity index (χ2n) is 9.73. The van der Waals surface area contributed by atoms with Gasteiger partial charge in [0.05, 0.1) is 32.4 Å². The number of benzene rings is 2. The van der Waals surface area contributed by atoms with Crippen molar-refractivity contribution in [2.75, 3.05) is 54.1 Å². The Balaban J connectivity index is 1.63. The van der Waals surface area contributed by atoms with E-state index in [9.17, 15) is 18.8 Å². The zero-order valence-corrected chi connectivity index (χ0v) is 23.4. The highest BCUT2D eigenvalue weighted by molar-refractivity contribution is 5.95. The number of amides is 3. The summed E-state index contributed by atoms with van der Waals surface area (Å²) in [6.45, 7) is 5.52. The molecule has 2 aliphatic heterocycles. The van der Waals surface area contributed by atoms with Crippen LogP contribution < -0.4 is 14.8 Å². The second-order valence-corrected chi connectivity index (χ2v) is 9.73. The molecule has 11 heteroatoms. The van der Waals surface area contributed by atoms with Crippen LogP contribution in [0.3, 0.4) is 0 Å². The van der Waals surface area contributed by atoms with Crippen molar-refractivity contribution < 1.29 is 33.0 Å². The van der Waals surface area contributed by atoms with Crippen LogP contribution in [-0.4, -0.2) is 92.7 Å². The lowest BCUT2D eigenvalue weighted by atomic mass is 9.93. The van der Waals surface area contributed by atoms with Gasteiger partial charge < -0.3 is 24.4 Å². The Bertz CT molecular complexity index is 1320. The predicted molar refractivity (Wildman–Crippen MR) is 146 cm³/mol. The van der Waals surface area contributed by atoms with Crippen molar-refractivity contribution in [2.45, 2.75) is 25.9 Å². The molecule has 2 aliphatic rings. The van der Waals surface area contributed by atoms with Crippen LogP contribution in [0, 0.1) is 5.82 Å². The monoisotopic (exact) mass is 554 g/mol. The highest BCUT2D eigenvalue weighted by Crippen LogP contribution is 2.36. The lowest BCUT2D eigenvalue weighted by Gasteiger charge is -2.42. The number of ether oxygens (including phenoxy) is 3. The van der Waals surface area contributed by atoms with Gasteiger partial charge in [0, 0.05) is 50.5 Å². The number of esters is 1. The van der Waals surface area contributed by atoms with E-state index in [4.69, 9.17) is 14.2 Å². The Morgan fingerprint density at radius 2 is 1.82 bits per heavy atom. The summed E-state index contributed by atoms with van der Waals surface area (Å²) >= 11 is 0. The number of halogens is 1. The van der Waals surface area contributed by atoms with E-state index < -0.39 is 17.8 Å². The summed E-state index contributed by atoms with van der Waals surface area (Å²) < 4.78 is 29.9. The number of hydrogen-bond acceptors (Lipinski definition) is 7. The third-order valence-electron chi connectivity index (χ3n) is 7.23. The molecular formula is C29H35FN4O6. The maximum Gasteiger partial charge on any atom is 0.338 e. The standard InChI is InChI=1S/C29H35FN4O6/c1-6-40-28(36)25-22(32(3)29(37)31-26(25)19-10-11-23(38-4)24(15-19)39-5)17-33-12-13-34(18(2)16-33)27(35)20-8-7-9-21(30)14-20/h7-11,14-15,18,26H,6,12-13,16-17H2,1-5H3,(H,31,37)/t18-,26-/m1/s1. The zero-order valence-electron chi connectivity index (χ0n) is 23.4. The van der Waals surface area contributed by atoms with Gasteiger partial charge in [0.15, 0.2) is 11.5 Å². The molecule has 1 N–H and O–H groups in total. The molecule has 3 amide bonds. The maximum atomic E-state index is 13.7. The highest BCUT2D eigenvalue weighted by Gasteiger charge is 2.39. The fraction of sp³-hybridized carbons (Fsp3) is 0.414. The molecule has 2 atom stereocenters. The summed E-state index contributed by atoms with van der Waals surface area (Å²) in [6, 6.07) is 9.56. The first-order valence-corrected chi connectivity index (χ1v) is 13.1. The van der Waals surface area contributed by atoms with Gasteiger partial charge in [-0.1, -0.05) is 12.1 Å². The van der Waals surface area contributed by atoms with Crippen molar-refractivity contribution in [2.24, 2.45) is 0 Å². The maximum absolute atomic E-state index is 13.7. The molecule has 2 heterocycles. The van der Waals surface area contributed by atoms with Gasteiger partial charge in [0.25, 0.3) is 5.91 Å². The Morgan fingerprint density at radius 1 is 1.07 bits per heavy atom. The van der Waals surface area contributed by atoms with Gasteiger partial charge in [-0.2, -0.15) is 0 Å². The van der Waals surface area contributed by atoms with E-state index in [1.165, 1.54) is 37.3 Å². The van der Waals surface area contributed by atoms with Gasteiger partial charge in [-0.3, -0.25) is 14.6 Å². The minimum Gasteiger partial charge on any atom is -0.493 e. The van der Waals surface area contributed by atoms with Crippen molar-refractivity contribution >= 4 is 17.9 Å². The van der Waals surface area contributed by atoms with Crippen LogP contribution in [-0.2, 0) is 9.53 Å². The molecule has 0 radical (unpaired) electrons. The molecule has 214 valence electrons. The van der Waals surface area contributed by atoms with Crippen LogP contribution in [0.25, 0.3) is 0 Å². The summed E-state index contributed by atoms with van der Waals surface area (Å²) in [5, 5.41) is 2.91. The van der Waals surface area contributed by atoms with Gasteiger partial charge in [-0.25, -0.2) is 14.0 Å². The zero-order chi connectivity index (χ0) is 29.0. The molecule has 2 aromatic carbocycles. The Labute approximate surface area is 233 Å². The van der Waals surface area contributed by atoms with E-state index in [-0.39, 0.29) is 31.1 Å². The van der Waals surface area contributed by atoms with E-state index in [2.05, 4.69) is 10.2 Å². The topological polar surface area (TPSA) is 101 Å². The molecule has 10 nitrogen and oxygen atoms in total. The molecule has 0 aromatic heterocycles. The number of likely N-dealkylation sites (N-methyl/N-ethyl adjacent to an activating group) is 1. The molecule has 0 spiro atoms. The molecule has 40 heavy (non-hydrogen) atoms. The minimum atomic E-state index is -0.772. The van der Waals surface area contributed by atoms with Crippen LogP contribution in [0.15, 0.2) is 53.7 Å². The lowest BCUT2D eigenvalue weighted by Crippen LogP contribution is -2.56. The largest absolute Gasteiger partial charge is 0.493 e. The van der Waals surface area contributed by atoms with Crippen LogP contribution in [0.2, 0.25) is 0 Å². The van der Waals surface area contributed by atoms with Crippen LogP contribution in [0.5, 0.6) is 11.5 Å². The summed E-state index contributed by atoms with van der Waals surface area (Å²) in [5.74, 6) is -0.242. The summed E-state index contributed by atoms with van der Waals surface area (Å²) in [6.07, 6.45) is 0. The van der Waals surface area contributed by atoms with Gasteiger partial charge in [-0.15, -0.1) is 0 Å². The fourth-order valence-corrected chi connectivity index (χ4v) is 5.16. The molecule has 0 unspecified atom stereocenters. The third-order valence-corrected chi connectivity index (χ3v) is 7.23. The molecule has 2 aromatic rings. The minimum absolute atomic E-state index is 0.170. The number of nitrogens with zero attached hydrogens (tertiary/aromatic N) is 3. The predicted octanol–water partition coefficient (Wildman–Crippen LogP) is 3.20. The van der Waals surface area contributed by atoms with Crippen LogP contribution >= 0.6 is 0 Å². The van der Waals surface area contributed by atoms with Crippen molar-refractivity contribution in [1.29, 1.82) is 0 Å². The Hall–Kier alpha value is -4.12. The van der Waals surface area contributed by atoms with Crippen LogP contribution in [0.4, 0.5) is 9.18 Å². The van der Waals surface area contributed by atoms with Gasteiger partial charge in [-0.05, 0) is 49.7 Å². The third kappa shape index (κ3) is 5.89. The quantitative estimate of drug-likeness (QED) is 0.500.